The van der Waals surface area contributed by atoms with Gasteiger partial charge in [-0.25, -0.2) is 0 Å². The Labute approximate surface area is 108 Å². The Morgan fingerprint density at radius 2 is 1.00 bits per heavy atom. The second kappa shape index (κ2) is 11.8. The third-order valence-corrected chi connectivity index (χ3v) is 0.333. The molecular weight excluding hydrogens is 451 g/mol. The van der Waals surface area contributed by atoms with E-state index in [2.05, 4.69) is 5.43 Å². The van der Waals surface area contributed by atoms with Gasteiger partial charge in [0, 0.05) is 26.8 Å². The van der Waals surface area contributed by atoms with Crippen molar-refractivity contribution >= 4 is 20.8 Å². The van der Waals surface area contributed by atoms with Crippen molar-refractivity contribution in [1.82, 2.24) is 5.43 Å². The maximum absolute atomic E-state index is 8.52. The Balaban J connectivity index is -0.0000000655. The van der Waals surface area contributed by atoms with Crippen molar-refractivity contribution in [2.24, 2.45) is 5.84 Å². The predicted octanol–water partition coefficient (Wildman–Crippen LogP) is -2.82. The van der Waals surface area contributed by atoms with Crippen molar-refractivity contribution in [3.63, 3.8) is 0 Å². The molecule has 0 rings (SSSR count). The predicted molar refractivity (Wildman–Crippen MR) is 43.4 cm³/mol. The molecule has 10 nitrogen and oxygen atoms in total. The molecule has 0 aliphatic rings. The number of rotatable bonds is 1. The monoisotopic (exact) mass is 461 g/mol. The quantitative estimate of drug-likeness (QED) is 0.178. The van der Waals surface area contributed by atoms with Gasteiger partial charge in [0.05, 0.1) is 0 Å². The zero-order chi connectivity index (χ0) is 13.3. The number of nitrogens with one attached hydrogen (secondary N) is 1. The van der Waals surface area contributed by atoms with Crippen LogP contribution in [0.3, 0.4) is 0 Å². The van der Waals surface area contributed by atoms with Crippen LogP contribution in [0.2, 0.25) is 0 Å². The molecule has 13 heteroatoms. The molecular formula is C3H10N2O8PtS2. The van der Waals surface area contributed by atoms with Gasteiger partial charge in [0.2, 0.25) is 0 Å². The molecule has 0 aliphatic carbocycles. The molecule has 16 heavy (non-hydrogen) atoms. The summed E-state index contributed by atoms with van der Waals surface area (Å²) in [6.07, 6.45) is 0. The molecule has 0 amide bonds. The zero-order valence-corrected chi connectivity index (χ0v) is 12.0. The molecule has 0 saturated carbocycles. The van der Waals surface area contributed by atoms with E-state index in [1.54, 1.807) is 0 Å². The van der Waals surface area contributed by atoms with Crippen LogP contribution in [0.1, 0.15) is 13.8 Å². The molecule has 0 unspecified atom stereocenters. The Bertz CT molecular complexity index is 277. The van der Waals surface area contributed by atoms with Gasteiger partial charge >= 0.3 is 21.1 Å². The summed E-state index contributed by atoms with van der Waals surface area (Å²) >= 11 is 0. The fourth-order valence-corrected chi connectivity index (χ4v) is 0. The maximum Gasteiger partial charge on any atom is 4.00 e. The van der Waals surface area contributed by atoms with E-state index in [1.807, 2.05) is 13.8 Å². The normalized spacial score (nSPS) is 10.2. The summed E-state index contributed by atoms with van der Waals surface area (Å²) in [5.41, 5.74) is 2.53. The zero-order valence-electron chi connectivity index (χ0n) is 8.05. The minimum Gasteiger partial charge on any atom is -0.759 e. The van der Waals surface area contributed by atoms with E-state index in [0.717, 1.165) is 0 Å². The van der Waals surface area contributed by atoms with Crippen LogP contribution in [0.15, 0.2) is 0 Å². The first-order chi connectivity index (χ1) is 6.27. The summed E-state index contributed by atoms with van der Waals surface area (Å²) in [6.45, 7) is 3.97. The first-order valence-corrected chi connectivity index (χ1v) is 5.73. The van der Waals surface area contributed by atoms with Gasteiger partial charge in [0.25, 0.3) is 0 Å². The molecule has 102 valence electrons. The summed E-state index contributed by atoms with van der Waals surface area (Å²) in [7, 11) is -10.3. The van der Waals surface area contributed by atoms with E-state index in [-0.39, 0.29) is 21.1 Å². The van der Waals surface area contributed by atoms with Crippen LogP contribution in [-0.2, 0) is 41.9 Å². The summed E-state index contributed by atoms with van der Waals surface area (Å²) in [5, 5.41) is 0. The Morgan fingerprint density at radius 3 is 1.00 bits per heavy atom. The Morgan fingerprint density at radius 1 is 0.938 bits per heavy atom. The molecule has 0 heterocycles. The van der Waals surface area contributed by atoms with Crippen LogP contribution in [0.5, 0.6) is 0 Å². The molecule has 0 atom stereocenters. The SMILES string of the molecule is CC(C)NN.O=S(=O)([O-])[O-].O=S(=O)([O-])[O-].[Pt+4]. The molecule has 0 aromatic carbocycles. The molecule has 0 aromatic heterocycles. The summed E-state index contributed by atoms with van der Waals surface area (Å²) in [5.74, 6) is 4.92. The number of hydrogen-bond donors (Lipinski definition) is 2. The molecule has 0 radical (unpaired) electrons. The Kier molecular flexibility index (Phi) is 18.7. The van der Waals surface area contributed by atoms with E-state index >= 15 is 0 Å². The van der Waals surface area contributed by atoms with Crippen molar-refractivity contribution in [3.8, 4) is 0 Å². The average molecular weight is 461 g/mol. The van der Waals surface area contributed by atoms with Gasteiger partial charge in [-0.2, -0.15) is 0 Å². The smallest absolute Gasteiger partial charge is 0.759 e. The van der Waals surface area contributed by atoms with Crippen LogP contribution >= 0.6 is 0 Å². The fraction of sp³-hybridized carbons (Fsp3) is 1.00. The minimum absolute atomic E-state index is 0. The van der Waals surface area contributed by atoms with Crippen LogP contribution < -0.4 is 11.3 Å². The molecule has 0 fully saturated rings. The number of hydrazine groups is 1. The van der Waals surface area contributed by atoms with E-state index in [9.17, 15) is 0 Å². The van der Waals surface area contributed by atoms with E-state index in [1.165, 1.54) is 0 Å². The fourth-order valence-electron chi connectivity index (χ4n) is 0. The van der Waals surface area contributed by atoms with E-state index in [4.69, 9.17) is 40.9 Å². The van der Waals surface area contributed by atoms with Crippen LogP contribution in [0, 0.1) is 0 Å². The molecule has 3 N–H and O–H groups in total. The van der Waals surface area contributed by atoms with Crippen molar-refractivity contribution in [2.75, 3.05) is 0 Å². The summed E-state index contributed by atoms with van der Waals surface area (Å²) in [6, 6.07) is 0.412. The van der Waals surface area contributed by atoms with Gasteiger partial charge in [-0.15, -0.1) is 0 Å². The third kappa shape index (κ3) is 464. The molecule has 0 saturated heterocycles. The first kappa shape index (κ1) is 25.3. The largest absolute Gasteiger partial charge is 4.00 e. The van der Waals surface area contributed by atoms with Crippen molar-refractivity contribution in [1.29, 1.82) is 0 Å². The van der Waals surface area contributed by atoms with Gasteiger partial charge in [-0.1, -0.05) is 0 Å². The van der Waals surface area contributed by atoms with Crippen molar-refractivity contribution in [3.05, 3.63) is 0 Å². The average Bonchev–Trinajstić information content (AvgIpc) is 1.79. The second-order valence-corrected chi connectivity index (χ2v) is 3.77. The van der Waals surface area contributed by atoms with Crippen molar-refractivity contribution in [2.45, 2.75) is 19.9 Å². The standard InChI is InChI=1S/C3H10N2.2H2O4S.Pt/c1-3(2)5-4;2*1-5(2,3)4;/h3,5H,4H2,1-2H3;2*(H2,1,2,3,4);/q;;;+4/p-4. The first-order valence-electron chi connectivity index (χ1n) is 3.07. The number of hydrogen-bond acceptors (Lipinski definition) is 10. The maximum atomic E-state index is 8.52. The van der Waals surface area contributed by atoms with Crippen LogP contribution in [0.4, 0.5) is 0 Å². The van der Waals surface area contributed by atoms with Crippen LogP contribution in [-0.4, -0.2) is 41.1 Å². The molecule has 0 bridgehead atoms. The van der Waals surface area contributed by atoms with Gasteiger partial charge in [0.15, 0.2) is 0 Å². The van der Waals surface area contributed by atoms with E-state index < -0.39 is 20.8 Å². The topological polar surface area (TPSA) is 199 Å². The Hall–Kier alpha value is 0.348. The third-order valence-electron chi connectivity index (χ3n) is 0.333. The van der Waals surface area contributed by atoms with Crippen molar-refractivity contribution < 1.29 is 56.1 Å². The van der Waals surface area contributed by atoms with Gasteiger partial charge in [-0.3, -0.25) is 28.1 Å². The number of nitrogens with two attached hydrogens (primary N) is 1. The summed E-state index contributed by atoms with van der Waals surface area (Å²) < 4.78 is 68.2. The minimum atomic E-state index is -5.17. The van der Waals surface area contributed by atoms with Gasteiger partial charge < -0.3 is 18.2 Å². The molecule has 0 aliphatic heterocycles. The molecule has 0 aromatic rings. The van der Waals surface area contributed by atoms with Gasteiger partial charge in [-0.05, 0) is 13.8 Å². The molecule has 0 spiro atoms. The van der Waals surface area contributed by atoms with Crippen LogP contribution in [0.25, 0.3) is 0 Å². The van der Waals surface area contributed by atoms with Gasteiger partial charge in [0.1, 0.15) is 0 Å². The summed E-state index contributed by atoms with van der Waals surface area (Å²) in [4.78, 5) is 0. The van der Waals surface area contributed by atoms with E-state index in [0.29, 0.717) is 6.04 Å². The second-order valence-electron chi connectivity index (χ2n) is 2.14.